The van der Waals surface area contributed by atoms with Crippen LogP contribution < -0.4 is 10.1 Å². The highest BCUT2D eigenvalue weighted by molar-refractivity contribution is 7.98. The number of aromatic nitrogens is 3. The van der Waals surface area contributed by atoms with Gasteiger partial charge >= 0.3 is 0 Å². The molecule has 0 saturated heterocycles. The molecule has 2 N–H and O–H groups in total. The van der Waals surface area contributed by atoms with Gasteiger partial charge in [-0.05, 0) is 41.5 Å². The van der Waals surface area contributed by atoms with Crippen molar-refractivity contribution in [3.05, 3.63) is 88.5 Å². The first-order valence-electron chi connectivity index (χ1n) is 13.2. The Morgan fingerprint density at radius 1 is 0.897 bits per heavy atom. The molecule has 202 valence electrons. The van der Waals surface area contributed by atoms with E-state index in [0.29, 0.717) is 22.5 Å². The molecule has 0 radical (unpaired) electrons. The predicted molar refractivity (Wildman–Crippen MR) is 159 cm³/mol. The Morgan fingerprint density at radius 3 is 2.18 bits per heavy atom. The van der Waals surface area contributed by atoms with Gasteiger partial charge in [-0.25, -0.2) is 0 Å². The summed E-state index contributed by atoms with van der Waals surface area (Å²) in [6.45, 7) is 14.7. The maximum Gasteiger partial charge on any atom is 0.247 e. The van der Waals surface area contributed by atoms with Crippen LogP contribution in [0, 0.1) is 6.92 Å². The number of hydrogen-bond donors (Lipinski definition) is 2. The summed E-state index contributed by atoms with van der Waals surface area (Å²) in [7, 11) is 0. The number of nitrogens with zero attached hydrogens (tertiary/aromatic N) is 3. The van der Waals surface area contributed by atoms with Crippen molar-refractivity contribution in [1.29, 1.82) is 0 Å². The van der Waals surface area contributed by atoms with Crippen molar-refractivity contribution in [1.82, 2.24) is 15.2 Å². The third-order valence-electron chi connectivity index (χ3n) is 6.87. The molecule has 0 saturated carbocycles. The molecule has 6 nitrogen and oxygen atoms in total. The molecule has 1 atom stereocenters. The summed E-state index contributed by atoms with van der Waals surface area (Å²) in [5.41, 5.74) is 6.96. The molecule has 0 bridgehead atoms. The Labute approximate surface area is 235 Å². The number of aryl methyl sites for hydroxylation is 1. The highest BCUT2D eigenvalue weighted by Crippen LogP contribution is 2.44. The molecule has 0 unspecified atom stereocenters. The van der Waals surface area contributed by atoms with Crippen molar-refractivity contribution in [2.75, 3.05) is 5.32 Å². The number of anilines is 1. The molecule has 1 aliphatic rings. The molecular formula is C32H36N4O2S. The first-order chi connectivity index (χ1) is 18.4. The van der Waals surface area contributed by atoms with Gasteiger partial charge in [-0.15, -0.1) is 10.2 Å². The summed E-state index contributed by atoms with van der Waals surface area (Å²) in [5.74, 6) is 1.51. The van der Waals surface area contributed by atoms with Gasteiger partial charge in [0.2, 0.25) is 11.0 Å². The van der Waals surface area contributed by atoms with Crippen molar-refractivity contribution in [3.8, 4) is 22.9 Å². The minimum Gasteiger partial charge on any atom is -0.507 e. The van der Waals surface area contributed by atoms with Crippen LogP contribution in [0.5, 0.6) is 11.6 Å². The summed E-state index contributed by atoms with van der Waals surface area (Å²) in [6.07, 6.45) is -0.540. The lowest BCUT2D eigenvalue weighted by Crippen LogP contribution is -2.22. The van der Waals surface area contributed by atoms with Crippen molar-refractivity contribution in [2.24, 2.45) is 0 Å². The standard InChI is InChI=1S/C32H36N4O2S/c1-19-12-14-20(15-13-19)18-39-30-34-29-26(35-36-30)22-10-8-9-11-25(22)33-28(38-29)21-16-23(31(2,3)4)27(37)24(17-21)32(5,6)7/h8-17,28,33,37H,18H2,1-7H3/t28-/m0/s1. The third kappa shape index (κ3) is 5.74. The SMILES string of the molecule is Cc1ccc(CSc2nnc3c(n2)O[C@@H](c2cc(C(C)(C)C)c(O)c(C(C)(C)C)c2)Nc2ccccc2-3)cc1. The van der Waals surface area contributed by atoms with Crippen molar-refractivity contribution in [2.45, 2.75) is 76.4 Å². The second kappa shape index (κ2) is 10.2. The zero-order valence-corrected chi connectivity index (χ0v) is 24.5. The fourth-order valence-electron chi connectivity index (χ4n) is 4.64. The van der Waals surface area contributed by atoms with E-state index in [0.717, 1.165) is 33.7 Å². The largest absolute Gasteiger partial charge is 0.507 e. The Hall–Kier alpha value is -3.58. The van der Waals surface area contributed by atoms with E-state index < -0.39 is 6.23 Å². The van der Waals surface area contributed by atoms with E-state index in [1.54, 1.807) is 0 Å². The number of benzene rings is 3. The lowest BCUT2D eigenvalue weighted by molar-refractivity contribution is 0.224. The first-order valence-corrected chi connectivity index (χ1v) is 14.2. The van der Waals surface area contributed by atoms with Gasteiger partial charge in [-0.1, -0.05) is 101 Å². The number of fused-ring (bicyclic) bond motifs is 3. The van der Waals surface area contributed by atoms with E-state index in [-0.39, 0.29) is 10.8 Å². The monoisotopic (exact) mass is 540 g/mol. The van der Waals surface area contributed by atoms with Crippen LogP contribution in [0.25, 0.3) is 11.3 Å². The third-order valence-corrected chi connectivity index (χ3v) is 7.78. The fourth-order valence-corrected chi connectivity index (χ4v) is 5.38. The molecule has 3 aromatic carbocycles. The number of hydrogen-bond acceptors (Lipinski definition) is 7. The van der Waals surface area contributed by atoms with Crippen LogP contribution in [-0.2, 0) is 16.6 Å². The van der Waals surface area contributed by atoms with E-state index in [4.69, 9.17) is 9.72 Å². The Kier molecular flexibility index (Phi) is 7.06. The number of phenols is 1. The van der Waals surface area contributed by atoms with Crippen LogP contribution in [0.1, 0.15) is 75.6 Å². The number of phenolic OH excluding ortho intramolecular Hbond substituents is 1. The summed E-state index contributed by atoms with van der Waals surface area (Å²) >= 11 is 1.53. The Morgan fingerprint density at radius 2 is 1.54 bits per heavy atom. The molecule has 1 aliphatic heterocycles. The Balaban J connectivity index is 1.57. The van der Waals surface area contributed by atoms with Crippen molar-refractivity contribution < 1.29 is 9.84 Å². The van der Waals surface area contributed by atoms with Crippen LogP contribution in [0.3, 0.4) is 0 Å². The molecule has 1 aromatic heterocycles. The van der Waals surface area contributed by atoms with Gasteiger partial charge in [-0.2, -0.15) is 4.98 Å². The van der Waals surface area contributed by atoms with Crippen LogP contribution in [0.15, 0.2) is 65.8 Å². The minimum absolute atomic E-state index is 0.260. The molecule has 2 heterocycles. The molecule has 0 fully saturated rings. The minimum atomic E-state index is -0.540. The lowest BCUT2D eigenvalue weighted by Gasteiger charge is -2.30. The average molecular weight is 541 g/mol. The maximum atomic E-state index is 11.3. The summed E-state index contributed by atoms with van der Waals surface area (Å²) in [6, 6.07) is 20.5. The normalized spacial score (nSPS) is 15.0. The first kappa shape index (κ1) is 27.0. The van der Waals surface area contributed by atoms with Gasteiger partial charge < -0.3 is 15.2 Å². The summed E-state index contributed by atoms with van der Waals surface area (Å²) in [5, 5.41) is 24.4. The predicted octanol–water partition coefficient (Wildman–Crippen LogP) is 7.94. The van der Waals surface area contributed by atoms with Crippen molar-refractivity contribution >= 4 is 17.4 Å². The van der Waals surface area contributed by atoms with Crippen LogP contribution in [0.2, 0.25) is 0 Å². The fraction of sp³-hybridized carbons (Fsp3) is 0.344. The number of ether oxygens (including phenoxy) is 1. The molecule has 7 heteroatoms. The number of rotatable bonds is 4. The number of para-hydroxylation sites is 1. The molecule has 0 aliphatic carbocycles. The highest BCUT2D eigenvalue weighted by atomic mass is 32.2. The van der Waals surface area contributed by atoms with E-state index in [1.807, 2.05) is 36.4 Å². The summed E-state index contributed by atoms with van der Waals surface area (Å²) in [4.78, 5) is 4.82. The molecule has 4 aromatic rings. The number of nitrogens with one attached hydrogen (secondary N) is 1. The number of aromatic hydroxyl groups is 1. The molecular weight excluding hydrogens is 504 g/mol. The van der Waals surface area contributed by atoms with Gasteiger partial charge in [0, 0.05) is 33.7 Å². The quantitative estimate of drug-likeness (QED) is 0.254. The summed E-state index contributed by atoms with van der Waals surface area (Å²) < 4.78 is 6.59. The zero-order chi connectivity index (χ0) is 27.9. The topological polar surface area (TPSA) is 80.2 Å². The van der Waals surface area contributed by atoms with Crippen LogP contribution in [0.4, 0.5) is 5.69 Å². The lowest BCUT2D eigenvalue weighted by atomic mass is 9.78. The van der Waals surface area contributed by atoms with Gasteiger partial charge in [-0.3, -0.25) is 0 Å². The maximum absolute atomic E-state index is 11.3. The smallest absolute Gasteiger partial charge is 0.247 e. The molecule has 0 amide bonds. The van der Waals surface area contributed by atoms with E-state index in [2.05, 4.69) is 88.2 Å². The van der Waals surface area contributed by atoms with Crippen LogP contribution in [-0.4, -0.2) is 20.3 Å². The van der Waals surface area contributed by atoms with Gasteiger partial charge in [0.15, 0.2) is 11.9 Å². The van der Waals surface area contributed by atoms with E-state index in [9.17, 15) is 5.11 Å². The van der Waals surface area contributed by atoms with Gasteiger partial charge in [0.05, 0.1) is 0 Å². The number of thioether (sulfide) groups is 1. The molecule has 5 rings (SSSR count). The van der Waals surface area contributed by atoms with E-state index >= 15 is 0 Å². The second-order valence-electron chi connectivity index (χ2n) is 12.2. The Bertz CT molecular complexity index is 1470. The van der Waals surface area contributed by atoms with Crippen molar-refractivity contribution in [3.63, 3.8) is 0 Å². The zero-order valence-electron chi connectivity index (χ0n) is 23.7. The van der Waals surface area contributed by atoms with E-state index in [1.165, 1.54) is 22.9 Å². The highest BCUT2D eigenvalue weighted by Gasteiger charge is 2.31. The van der Waals surface area contributed by atoms with Crippen LogP contribution >= 0.6 is 11.8 Å². The second-order valence-corrected chi connectivity index (χ2v) is 13.1. The average Bonchev–Trinajstić information content (AvgIpc) is 3.03. The van der Waals surface area contributed by atoms with Gasteiger partial charge in [0.1, 0.15) is 5.75 Å². The molecule has 39 heavy (non-hydrogen) atoms. The molecule has 0 spiro atoms. The van der Waals surface area contributed by atoms with Gasteiger partial charge in [0.25, 0.3) is 0 Å².